The Morgan fingerprint density at radius 2 is 1.93 bits per heavy atom. The van der Waals surface area contributed by atoms with E-state index in [0.717, 1.165) is 31.5 Å². The SMILES string of the molecule is CCCCN(C)Cc1[nH]ncc1-c1cc(C(F)(F)F)cc(OCCC(C)C)c1F. The predicted octanol–water partition coefficient (Wildman–Crippen LogP) is 5.89. The van der Waals surface area contributed by atoms with Gasteiger partial charge in [0.25, 0.3) is 0 Å². The number of ether oxygens (including phenoxy) is 1. The maximum atomic E-state index is 15.1. The maximum absolute atomic E-state index is 15.1. The Bertz CT molecular complexity index is 787. The van der Waals surface area contributed by atoms with Gasteiger partial charge in [0.2, 0.25) is 0 Å². The number of nitrogens with one attached hydrogen (secondary N) is 1. The number of nitrogens with zero attached hydrogens (tertiary/aromatic N) is 2. The van der Waals surface area contributed by atoms with E-state index >= 15 is 4.39 Å². The molecular weight excluding hydrogens is 386 g/mol. The quantitative estimate of drug-likeness (QED) is 0.492. The molecule has 2 rings (SSSR count). The number of alkyl halides is 3. The number of unbranched alkanes of at least 4 members (excludes halogenated alkanes) is 1. The second-order valence-electron chi connectivity index (χ2n) is 7.72. The van der Waals surface area contributed by atoms with E-state index in [1.54, 1.807) is 0 Å². The van der Waals surface area contributed by atoms with Crippen LogP contribution in [-0.4, -0.2) is 35.3 Å². The maximum Gasteiger partial charge on any atom is 0.416 e. The predicted molar refractivity (Wildman–Crippen MR) is 105 cm³/mol. The number of aromatic nitrogens is 2. The summed E-state index contributed by atoms with van der Waals surface area (Å²) in [7, 11) is 1.91. The number of hydrogen-bond acceptors (Lipinski definition) is 3. The number of aromatic amines is 1. The molecular formula is C21H29F4N3O. The molecule has 0 spiro atoms. The average molecular weight is 415 g/mol. The number of hydrogen-bond donors (Lipinski definition) is 1. The molecule has 0 saturated heterocycles. The van der Waals surface area contributed by atoms with Crippen LogP contribution < -0.4 is 4.74 Å². The Hall–Kier alpha value is -2.09. The zero-order valence-corrected chi connectivity index (χ0v) is 17.4. The molecule has 0 fully saturated rings. The van der Waals surface area contributed by atoms with Gasteiger partial charge in [-0.15, -0.1) is 0 Å². The molecule has 8 heteroatoms. The first-order chi connectivity index (χ1) is 13.6. The summed E-state index contributed by atoms with van der Waals surface area (Å²) in [4.78, 5) is 2.02. The van der Waals surface area contributed by atoms with Crippen molar-refractivity contribution in [2.45, 2.75) is 52.8 Å². The van der Waals surface area contributed by atoms with E-state index in [0.29, 0.717) is 30.1 Å². The van der Waals surface area contributed by atoms with Gasteiger partial charge in [-0.05, 0) is 44.5 Å². The minimum atomic E-state index is -4.61. The lowest BCUT2D eigenvalue weighted by Gasteiger charge is -2.18. The first-order valence-electron chi connectivity index (χ1n) is 9.88. The second kappa shape index (κ2) is 10.1. The summed E-state index contributed by atoms with van der Waals surface area (Å²) in [5.74, 6) is -0.898. The van der Waals surface area contributed by atoms with Crippen molar-refractivity contribution in [2.75, 3.05) is 20.2 Å². The fraction of sp³-hybridized carbons (Fsp3) is 0.571. The fourth-order valence-electron chi connectivity index (χ4n) is 2.91. The van der Waals surface area contributed by atoms with Crippen molar-refractivity contribution in [1.82, 2.24) is 15.1 Å². The van der Waals surface area contributed by atoms with Crippen molar-refractivity contribution in [3.05, 3.63) is 35.4 Å². The van der Waals surface area contributed by atoms with Gasteiger partial charge in [0.15, 0.2) is 11.6 Å². The molecule has 4 nitrogen and oxygen atoms in total. The third kappa shape index (κ3) is 6.45. The van der Waals surface area contributed by atoms with Crippen LogP contribution in [0.5, 0.6) is 5.75 Å². The molecule has 0 amide bonds. The summed E-state index contributed by atoms with van der Waals surface area (Å²) in [6.45, 7) is 7.40. The molecule has 0 aliphatic rings. The average Bonchev–Trinajstić information content (AvgIpc) is 3.08. The van der Waals surface area contributed by atoms with E-state index < -0.39 is 17.6 Å². The largest absolute Gasteiger partial charge is 0.490 e. The topological polar surface area (TPSA) is 41.2 Å². The summed E-state index contributed by atoms with van der Waals surface area (Å²) in [6, 6.07) is 1.55. The van der Waals surface area contributed by atoms with Gasteiger partial charge in [-0.25, -0.2) is 4.39 Å². The van der Waals surface area contributed by atoms with Gasteiger partial charge >= 0.3 is 6.18 Å². The van der Waals surface area contributed by atoms with Crippen LogP contribution in [0.2, 0.25) is 0 Å². The van der Waals surface area contributed by atoms with E-state index in [2.05, 4.69) is 17.1 Å². The van der Waals surface area contributed by atoms with Gasteiger partial charge in [-0.3, -0.25) is 5.10 Å². The Labute approximate surface area is 169 Å². The summed E-state index contributed by atoms with van der Waals surface area (Å²) >= 11 is 0. The van der Waals surface area contributed by atoms with Gasteiger partial charge in [0, 0.05) is 17.7 Å². The lowest BCUT2D eigenvalue weighted by atomic mass is 10.0. The molecule has 0 atom stereocenters. The summed E-state index contributed by atoms with van der Waals surface area (Å²) in [6.07, 6.45) is -0.616. The van der Waals surface area contributed by atoms with Crippen molar-refractivity contribution in [3.63, 3.8) is 0 Å². The zero-order chi connectivity index (χ0) is 21.6. The van der Waals surface area contributed by atoms with Gasteiger partial charge in [0.05, 0.1) is 24.1 Å². The van der Waals surface area contributed by atoms with Crippen molar-refractivity contribution < 1.29 is 22.3 Å². The molecule has 0 saturated carbocycles. The summed E-state index contributed by atoms with van der Waals surface area (Å²) < 4.78 is 60.7. The molecule has 29 heavy (non-hydrogen) atoms. The first kappa shape index (κ1) is 23.2. The number of halogens is 4. The molecule has 0 radical (unpaired) electrons. The van der Waals surface area contributed by atoms with Gasteiger partial charge in [0.1, 0.15) is 0 Å². The highest BCUT2D eigenvalue weighted by atomic mass is 19.4. The molecule has 1 aromatic carbocycles. The monoisotopic (exact) mass is 415 g/mol. The van der Waals surface area contributed by atoms with E-state index in [9.17, 15) is 13.2 Å². The Morgan fingerprint density at radius 3 is 2.55 bits per heavy atom. The molecule has 1 aromatic heterocycles. The molecule has 162 valence electrons. The molecule has 1 N–H and O–H groups in total. The number of H-pyrrole nitrogens is 1. The van der Waals surface area contributed by atoms with Gasteiger partial charge < -0.3 is 9.64 Å². The number of benzene rings is 1. The standard InChI is InChI=1S/C21H29F4N3O/c1-5-6-8-28(4)13-18-17(12-26-27-18)16-10-15(21(23,24)25)11-19(20(16)22)29-9-7-14(2)3/h10-12,14H,5-9,13H2,1-4H3,(H,26,27). The van der Waals surface area contributed by atoms with Crippen molar-refractivity contribution in [3.8, 4) is 16.9 Å². The third-order valence-corrected chi connectivity index (χ3v) is 4.65. The lowest BCUT2D eigenvalue weighted by Crippen LogP contribution is -2.19. The van der Waals surface area contributed by atoms with Crippen molar-refractivity contribution >= 4 is 0 Å². The highest BCUT2D eigenvalue weighted by molar-refractivity contribution is 5.69. The highest BCUT2D eigenvalue weighted by Crippen LogP contribution is 2.39. The molecule has 0 aliphatic heterocycles. The molecule has 2 aromatic rings. The van der Waals surface area contributed by atoms with Crippen molar-refractivity contribution in [2.24, 2.45) is 5.92 Å². The minimum Gasteiger partial charge on any atom is -0.490 e. The normalized spacial score (nSPS) is 12.2. The Morgan fingerprint density at radius 1 is 1.21 bits per heavy atom. The van der Waals surface area contributed by atoms with E-state index in [4.69, 9.17) is 4.74 Å². The van der Waals surface area contributed by atoms with Crippen LogP contribution in [0, 0.1) is 11.7 Å². The van der Waals surface area contributed by atoms with Crippen LogP contribution in [-0.2, 0) is 12.7 Å². The van der Waals surface area contributed by atoms with Gasteiger partial charge in [-0.1, -0.05) is 27.2 Å². The molecule has 0 aliphatic carbocycles. The van der Waals surface area contributed by atoms with Crippen LogP contribution in [0.15, 0.2) is 18.3 Å². The minimum absolute atomic E-state index is 0.146. The van der Waals surface area contributed by atoms with E-state index in [1.807, 2.05) is 25.8 Å². The van der Waals surface area contributed by atoms with E-state index in [-0.39, 0.29) is 17.9 Å². The van der Waals surface area contributed by atoms with Crippen LogP contribution in [0.1, 0.15) is 51.3 Å². The molecule has 1 heterocycles. The van der Waals surface area contributed by atoms with Crippen LogP contribution in [0.3, 0.4) is 0 Å². The third-order valence-electron chi connectivity index (χ3n) is 4.65. The molecule has 0 bridgehead atoms. The highest BCUT2D eigenvalue weighted by Gasteiger charge is 2.33. The summed E-state index contributed by atoms with van der Waals surface area (Å²) in [5.41, 5.74) is -0.229. The summed E-state index contributed by atoms with van der Waals surface area (Å²) in [5, 5.41) is 6.73. The molecule has 0 unspecified atom stereocenters. The lowest BCUT2D eigenvalue weighted by molar-refractivity contribution is -0.137. The Balaban J connectivity index is 2.40. The Kier molecular flexibility index (Phi) is 8.07. The fourth-order valence-corrected chi connectivity index (χ4v) is 2.91. The van der Waals surface area contributed by atoms with Crippen LogP contribution >= 0.6 is 0 Å². The van der Waals surface area contributed by atoms with Crippen molar-refractivity contribution in [1.29, 1.82) is 0 Å². The smallest absolute Gasteiger partial charge is 0.416 e. The first-order valence-corrected chi connectivity index (χ1v) is 9.88. The van der Waals surface area contributed by atoms with Gasteiger partial charge in [-0.2, -0.15) is 18.3 Å². The van der Waals surface area contributed by atoms with E-state index in [1.165, 1.54) is 6.20 Å². The number of rotatable bonds is 10. The zero-order valence-electron chi connectivity index (χ0n) is 17.4. The second-order valence-corrected chi connectivity index (χ2v) is 7.72. The van der Waals surface area contributed by atoms with Crippen LogP contribution in [0.25, 0.3) is 11.1 Å². The van der Waals surface area contributed by atoms with Crippen LogP contribution in [0.4, 0.5) is 17.6 Å².